The molecule has 0 saturated carbocycles. The Kier molecular flexibility index (Phi) is 1.97. The third-order valence-corrected chi connectivity index (χ3v) is 3.14. The van der Waals surface area contributed by atoms with Gasteiger partial charge in [-0.25, -0.2) is 9.97 Å². The fourth-order valence-electron chi connectivity index (χ4n) is 1.73. The largest absolute Gasteiger partial charge is 0.375 e. The Labute approximate surface area is 97.0 Å². The molecule has 78 valence electrons. The molecular weight excluding hydrogens is 219 g/mol. The second kappa shape index (κ2) is 3.35. The van der Waals surface area contributed by atoms with E-state index in [0.717, 1.165) is 27.8 Å². The lowest BCUT2D eigenvalue weighted by atomic mass is 9.97. The van der Waals surface area contributed by atoms with Gasteiger partial charge < -0.3 is 10.7 Å². The summed E-state index contributed by atoms with van der Waals surface area (Å²) in [5.74, 6) is 0. The van der Waals surface area contributed by atoms with E-state index in [1.807, 2.05) is 25.6 Å². The Hall–Kier alpha value is -1.82. The van der Waals surface area contributed by atoms with Crippen molar-refractivity contribution in [1.29, 1.82) is 0 Å². The molecule has 0 spiro atoms. The summed E-state index contributed by atoms with van der Waals surface area (Å²) < 4.78 is 0. The molecule has 0 bridgehead atoms. The normalized spacial score (nSPS) is 11.0. The number of pyridine rings is 1. The molecule has 3 rings (SSSR count). The van der Waals surface area contributed by atoms with Gasteiger partial charge in [-0.15, -0.1) is 11.3 Å². The first-order valence-corrected chi connectivity index (χ1v) is 5.77. The van der Waals surface area contributed by atoms with E-state index in [-0.39, 0.29) is 0 Å². The van der Waals surface area contributed by atoms with Gasteiger partial charge in [0.05, 0.1) is 5.69 Å². The standard InChI is InChI=1S/C10H9BN4S/c11-5-1-6-7(3-14-9(6)13-2-5)8-4-16-10(12)15-8/h1-4H,11H2,(H2,12,15)(H,13,14). The van der Waals surface area contributed by atoms with Crippen molar-refractivity contribution in [3.63, 3.8) is 0 Å². The van der Waals surface area contributed by atoms with Crippen LogP contribution in [0.5, 0.6) is 0 Å². The zero-order valence-corrected chi connectivity index (χ0v) is 9.51. The second-order valence-electron chi connectivity index (χ2n) is 3.68. The number of nitrogens with one attached hydrogen (secondary N) is 1. The number of nitrogens with two attached hydrogens (primary N) is 1. The molecular formula is C10H9BN4S. The average Bonchev–Trinajstić information content (AvgIpc) is 2.83. The van der Waals surface area contributed by atoms with Gasteiger partial charge >= 0.3 is 0 Å². The molecule has 3 heterocycles. The minimum absolute atomic E-state index is 0.588. The van der Waals surface area contributed by atoms with Crippen molar-refractivity contribution in [1.82, 2.24) is 15.0 Å². The van der Waals surface area contributed by atoms with Gasteiger partial charge in [0.2, 0.25) is 0 Å². The van der Waals surface area contributed by atoms with Gasteiger partial charge in [0, 0.05) is 28.7 Å². The van der Waals surface area contributed by atoms with Gasteiger partial charge in [-0.1, -0.05) is 11.5 Å². The minimum Gasteiger partial charge on any atom is -0.375 e. The summed E-state index contributed by atoms with van der Waals surface area (Å²) in [6, 6.07) is 2.10. The molecule has 3 N–H and O–H groups in total. The Bertz CT molecular complexity index is 658. The zero-order valence-electron chi connectivity index (χ0n) is 8.69. The third-order valence-electron chi connectivity index (χ3n) is 2.47. The van der Waals surface area contributed by atoms with Crippen molar-refractivity contribution in [2.45, 2.75) is 0 Å². The summed E-state index contributed by atoms with van der Waals surface area (Å²) in [6.07, 6.45) is 3.77. The fourth-order valence-corrected chi connectivity index (χ4v) is 2.29. The minimum atomic E-state index is 0.588. The van der Waals surface area contributed by atoms with Crippen LogP contribution in [-0.2, 0) is 0 Å². The Morgan fingerprint density at radius 2 is 2.31 bits per heavy atom. The van der Waals surface area contributed by atoms with E-state index in [4.69, 9.17) is 5.73 Å². The number of H-pyrrole nitrogens is 1. The topological polar surface area (TPSA) is 67.6 Å². The number of aromatic nitrogens is 3. The quantitative estimate of drug-likeness (QED) is 0.597. The highest BCUT2D eigenvalue weighted by molar-refractivity contribution is 7.13. The number of aromatic amines is 1. The predicted molar refractivity (Wildman–Crippen MR) is 69.8 cm³/mol. The molecule has 6 heteroatoms. The lowest BCUT2D eigenvalue weighted by Crippen LogP contribution is -2.01. The van der Waals surface area contributed by atoms with Crippen LogP contribution < -0.4 is 11.2 Å². The molecule has 0 aliphatic rings. The van der Waals surface area contributed by atoms with Crippen LogP contribution in [0.1, 0.15) is 0 Å². The fraction of sp³-hybridized carbons (Fsp3) is 0. The van der Waals surface area contributed by atoms with Crippen LogP contribution in [0, 0.1) is 0 Å². The average molecular weight is 228 g/mol. The molecule has 0 saturated heterocycles. The first kappa shape index (κ1) is 9.41. The molecule has 4 nitrogen and oxygen atoms in total. The molecule has 0 aromatic carbocycles. The molecule has 0 amide bonds. The second-order valence-corrected chi connectivity index (χ2v) is 4.57. The lowest BCUT2D eigenvalue weighted by molar-refractivity contribution is 1.33. The van der Waals surface area contributed by atoms with E-state index < -0.39 is 0 Å². The van der Waals surface area contributed by atoms with Gasteiger partial charge in [0.25, 0.3) is 0 Å². The number of anilines is 1. The van der Waals surface area contributed by atoms with Gasteiger partial charge in [-0.3, -0.25) is 0 Å². The Morgan fingerprint density at radius 1 is 1.44 bits per heavy atom. The number of hydrogen-bond donors (Lipinski definition) is 2. The highest BCUT2D eigenvalue weighted by Gasteiger charge is 2.09. The maximum Gasteiger partial charge on any atom is 0.180 e. The molecule has 16 heavy (non-hydrogen) atoms. The van der Waals surface area contributed by atoms with Gasteiger partial charge in [-0.2, -0.15) is 0 Å². The van der Waals surface area contributed by atoms with Crippen molar-refractivity contribution >= 4 is 40.8 Å². The molecule has 0 aliphatic heterocycles. The Morgan fingerprint density at radius 3 is 3.06 bits per heavy atom. The van der Waals surface area contributed by atoms with Gasteiger partial charge in [0.1, 0.15) is 13.5 Å². The number of thiazole rings is 1. The third kappa shape index (κ3) is 1.38. The summed E-state index contributed by atoms with van der Waals surface area (Å²) in [5, 5.41) is 3.63. The lowest BCUT2D eigenvalue weighted by Gasteiger charge is -1.95. The van der Waals surface area contributed by atoms with Crippen molar-refractivity contribution in [3.05, 3.63) is 23.8 Å². The SMILES string of the molecule is Bc1cnc2[nH]cc(-c3csc(N)n3)c2c1. The van der Waals surface area contributed by atoms with E-state index >= 15 is 0 Å². The van der Waals surface area contributed by atoms with Crippen LogP contribution in [0.25, 0.3) is 22.3 Å². The summed E-state index contributed by atoms with van der Waals surface area (Å²) in [5.41, 5.74) is 9.62. The summed E-state index contributed by atoms with van der Waals surface area (Å²) in [4.78, 5) is 11.7. The van der Waals surface area contributed by atoms with Crippen LogP contribution in [0.15, 0.2) is 23.8 Å². The van der Waals surface area contributed by atoms with Crippen LogP contribution in [0.4, 0.5) is 5.13 Å². The summed E-state index contributed by atoms with van der Waals surface area (Å²) >= 11 is 1.45. The first-order valence-electron chi connectivity index (χ1n) is 4.89. The number of nitrogen functional groups attached to an aromatic ring is 1. The Balaban J connectivity index is 2.27. The van der Waals surface area contributed by atoms with Crippen LogP contribution >= 0.6 is 11.3 Å². The van der Waals surface area contributed by atoms with Crippen molar-refractivity contribution in [2.24, 2.45) is 0 Å². The maximum atomic E-state index is 5.64. The van der Waals surface area contributed by atoms with E-state index in [1.165, 1.54) is 11.3 Å². The van der Waals surface area contributed by atoms with Crippen molar-refractivity contribution in [3.8, 4) is 11.3 Å². The maximum absolute atomic E-state index is 5.64. The molecule has 3 aromatic heterocycles. The number of nitrogens with zero attached hydrogens (tertiary/aromatic N) is 2. The van der Waals surface area contributed by atoms with Crippen LogP contribution in [0.3, 0.4) is 0 Å². The number of fused-ring (bicyclic) bond motifs is 1. The molecule has 0 unspecified atom stereocenters. The number of hydrogen-bond acceptors (Lipinski definition) is 4. The summed E-state index contributed by atoms with van der Waals surface area (Å²) in [7, 11) is 2.03. The summed E-state index contributed by atoms with van der Waals surface area (Å²) in [6.45, 7) is 0. The molecule has 0 fully saturated rings. The predicted octanol–water partition coefficient (Wildman–Crippen LogP) is 0.527. The molecule has 3 aromatic rings. The first-order chi connectivity index (χ1) is 7.74. The molecule has 0 atom stereocenters. The highest BCUT2D eigenvalue weighted by Crippen LogP contribution is 2.28. The van der Waals surface area contributed by atoms with E-state index in [9.17, 15) is 0 Å². The monoisotopic (exact) mass is 228 g/mol. The molecule has 0 radical (unpaired) electrons. The number of rotatable bonds is 1. The molecule has 0 aliphatic carbocycles. The van der Waals surface area contributed by atoms with Gasteiger partial charge in [-0.05, 0) is 0 Å². The zero-order chi connectivity index (χ0) is 11.1. The van der Waals surface area contributed by atoms with Crippen LogP contribution in [-0.4, -0.2) is 22.8 Å². The van der Waals surface area contributed by atoms with Gasteiger partial charge in [0.15, 0.2) is 5.13 Å². The smallest absolute Gasteiger partial charge is 0.180 e. The van der Waals surface area contributed by atoms with Crippen LogP contribution in [0.2, 0.25) is 0 Å². The van der Waals surface area contributed by atoms with E-state index in [1.54, 1.807) is 0 Å². The van der Waals surface area contributed by atoms with E-state index in [0.29, 0.717) is 5.13 Å². The highest BCUT2D eigenvalue weighted by atomic mass is 32.1. The van der Waals surface area contributed by atoms with E-state index in [2.05, 4.69) is 21.0 Å². The van der Waals surface area contributed by atoms with Crippen molar-refractivity contribution in [2.75, 3.05) is 5.73 Å². The van der Waals surface area contributed by atoms with Crippen molar-refractivity contribution < 1.29 is 0 Å².